The molecule has 1 N–H and O–H groups in total. The van der Waals surface area contributed by atoms with Gasteiger partial charge in [-0.2, -0.15) is 0 Å². The topological polar surface area (TPSA) is 84.4 Å². The van der Waals surface area contributed by atoms with Crippen molar-refractivity contribution in [2.75, 3.05) is 20.2 Å². The summed E-state index contributed by atoms with van der Waals surface area (Å²) in [7, 11) is 1.51. The summed E-state index contributed by atoms with van der Waals surface area (Å²) in [5, 5.41) is 5.12. The number of fused-ring (bicyclic) bond motifs is 2. The maximum Gasteiger partial charge on any atom is 0.271 e. The molecule has 0 spiro atoms. The molecular weight excluding hydrogens is 364 g/mol. The third-order valence-corrected chi connectivity index (χ3v) is 6.34. The van der Waals surface area contributed by atoms with Crippen LogP contribution in [-0.4, -0.2) is 52.9 Å². The average Bonchev–Trinajstić information content (AvgIpc) is 3.26. The highest BCUT2D eigenvalue weighted by Gasteiger charge is 2.44. The van der Waals surface area contributed by atoms with Gasteiger partial charge in [-0.15, -0.1) is 11.3 Å². The van der Waals surface area contributed by atoms with E-state index in [4.69, 9.17) is 4.74 Å². The van der Waals surface area contributed by atoms with Crippen LogP contribution < -0.4 is 10.1 Å². The predicted octanol–water partition coefficient (Wildman–Crippen LogP) is 1.76. The van der Waals surface area contributed by atoms with Crippen molar-refractivity contribution >= 4 is 23.2 Å². The molecule has 2 bridgehead atoms. The van der Waals surface area contributed by atoms with Crippen LogP contribution in [0.25, 0.3) is 0 Å². The highest BCUT2D eigenvalue weighted by atomic mass is 32.1. The molecule has 3 atom stereocenters. The molecule has 2 aromatic heterocycles. The van der Waals surface area contributed by atoms with Crippen LogP contribution in [0.2, 0.25) is 0 Å². The molecule has 2 aromatic rings. The van der Waals surface area contributed by atoms with E-state index in [2.05, 4.69) is 15.3 Å². The van der Waals surface area contributed by atoms with Crippen LogP contribution in [0.3, 0.4) is 0 Å². The molecule has 2 aliphatic rings. The Morgan fingerprint density at radius 3 is 2.63 bits per heavy atom. The zero-order valence-electron chi connectivity index (χ0n) is 15.1. The second-order valence-electron chi connectivity index (χ2n) is 7.10. The Morgan fingerprint density at radius 1 is 1.26 bits per heavy atom. The molecule has 4 rings (SSSR count). The van der Waals surface area contributed by atoms with E-state index in [-0.39, 0.29) is 23.6 Å². The Kier molecular flexibility index (Phi) is 5.07. The van der Waals surface area contributed by atoms with Gasteiger partial charge >= 0.3 is 0 Å². The van der Waals surface area contributed by atoms with E-state index < -0.39 is 0 Å². The van der Waals surface area contributed by atoms with Gasteiger partial charge in [0, 0.05) is 24.0 Å². The van der Waals surface area contributed by atoms with Crippen molar-refractivity contribution in [2.45, 2.75) is 25.3 Å². The Balaban J connectivity index is 1.37. The average molecular weight is 386 g/mol. The monoisotopic (exact) mass is 386 g/mol. The number of thiophene rings is 1. The minimum absolute atomic E-state index is 0.0900. The summed E-state index contributed by atoms with van der Waals surface area (Å²) in [4.78, 5) is 36.3. The highest BCUT2D eigenvalue weighted by Crippen LogP contribution is 2.37. The van der Waals surface area contributed by atoms with Crippen molar-refractivity contribution < 1.29 is 14.3 Å². The molecule has 3 heterocycles. The van der Waals surface area contributed by atoms with Crippen LogP contribution in [0.1, 0.15) is 28.2 Å². The Hall–Kier alpha value is -2.48. The molecule has 8 heteroatoms. The van der Waals surface area contributed by atoms with Gasteiger partial charge < -0.3 is 15.0 Å². The van der Waals surface area contributed by atoms with E-state index in [1.54, 1.807) is 11.3 Å². The molecule has 2 amide bonds. The number of ether oxygens (including phenoxy) is 1. The number of carbonyl (C=O) groups excluding carboxylic acids is 2. The van der Waals surface area contributed by atoms with Gasteiger partial charge in [0.15, 0.2) is 0 Å². The number of nitrogens with one attached hydrogen (secondary N) is 1. The first kappa shape index (κ1) is 17.9. The number of hydrogen-bond acceptors (Lipinski definition) is 6. The van der Waals surface area contributed by atoms with Gasteiger partial charge in [0.25, 0.3) is 5.91 Å². The lowest BCUT2D eigenvalue weighted by atomic mass is 9.91. The third-order valence-electron chi connectivity index (χ3n) is 5.46. The van der Waals surface area contributed by atoms with Crippen molar-refractivity contribution in [3.63, 3.8) is 0 Å². The molecule has 1 aliphatic carbocycles. The fraction of sp³-hybridized carbons (Fsp3) is 0.474. The van der Waals surface area contributed by atoms with Crippen LogP contribution in [0.4, 0.5) is 0 Å². The zero-order valence-corrected chi connectivity index (χ0v) is 15.9. The van der Waals surface area contributed by atoms with Crippen LogP contribution in [0, 0.1) is 11.8 Å². The van der Waals surface area contributed by atoms with E-state index >= 15 is 0 Å². The molecule has 142 valence electrons. The lowest BCUT2D eigenvalue weighted by Gasteiger charge is -2.38. The van der Waals surface area contributed by atoms with E-state index in [9.17, 15) is 9.59 Å². The second kappa shape index (κ2) is 7.64. The molecule has 2 fully saturated rings. The third kappa shape index (κ3) is 3.80. The molecule has 7 nitrogen and oxygen atoms in total. The molecule has 0 radical (unpaired) electrons. The number of aromatic nitrogens is 2. The first-order valence-electron chi connectivity index (χ1n) is 9.11. The van der Waals surface area contributed by atoms with Gasteiger partial charge in [0.05, 0.1) is 25.9 Å². The minimum atomic E-state index is -0.217. The molecule has 1 unspecified atom stereocenters. The SMILES string of the molecule is COc1cnc(C(=O)NC2[C@@H]3CC[C@H]2CN(C(=O)Cc2cccs2)C3)cn1. The molecule has 1 saturated heterocycles. The predicted molar refractivity (Wildman–Crippen MR) is 101 cm³/mol. The number of methoxy groups -OCH3 is 1. The summed E-state index contributed by atoms with van der Waals surface area (Å²) in [6.07, 6.45) is 5.40. The fourth-order valence-corrected chi connectivity index (χ4v) is 4.80. The molecule has 1 aliphatic heterocycles. The van der Waals surface area contributed by atoms with Crippen LogP contribution >= 0.6 is 11.3 Å². The second-order valence-corrected chi connectivity index (χ2v) is 8.13. The number of piperidine rings is 1. The van der Waals surface area contributed by atoms with Crippen LogP contribution in [0.5, 0.6) is 5.88 Å². The molecule has 1 saturated carbocycles. The first-order valence-corrected chi connectivity index (χ1v) is 9.99. The van der Waals surface area contributed by atoms with Crippen molar-refractivity contribution in [2.24, 2.45) is 11.8 Å². The molecule has 27 heavy (non-hydrogen) atoms. The Labute approximate surface area is 161 Å². The van der Waals surface area contributed by atoms with Crippen molar-refractivity contribution in [3.05, 3.63) is 40.5 Å². The summed E-state index contributed by atoms with van der Waals surface area (Å²) >= 11 is 1.62. The van der Waals surface area contributed by atoms with Gasteiger partial charge in [-0.3, -0.25) is 9.59 Å². The van der Waals surface area contributed by atoms with Crippen molar-refractivity contribution in [3.8, 4) is 5.88 Å². The summed E-state index contributed by atoms with van der Waals surface area (Å²) in [6.45, 7) is 1.42. The van der Waals surface area contributed by atoms with Gasteiger partial charge in [-0.1, -0.05) is 6.07 Å². The number of amides is 2. The van der Waals surface area contributed by atoms with Gasteiger partial charge in [0.1, 0.15) is 5.69 Å². The van der Waals surface area contributed by atoms with E-state index in [0.29, 0.717) is 37.2 Å². The van der Waals surface area contributed by atoms with Crippen LogP contribution in [0.15, 0.2) is 29.9 Å². The van der Waals surface area contributed by atoms with E-state index in [1.807, 2.05) is 22.4 Å². The van der Waals surface area contributed by atoms with E-state index in [0.717, 1.165) is 17.7 Å². The summed E-state index contributed by atoms with van der Waals surface area (Å²) in [5.74, 6) is 0.937. The van der Waals surface area contributed by atoms with Crippen LogP contribution in [-0.2, 0) is 11.2 Å². The quantitative estimate of drug-likeness (QED) is 0.846. The number of carbonyl (C=O) groups is 2. The standard InChI is InChI=1S/C19H22N4O3S/c1-26-16-9-20-15(8-21-16)19(25)22-18-12-4-5-13(18)11-23(10-12)17(24)7-14-3-2-6-27-14/h2-3,6,8-9,12-13,18H,4-5,7,10-11H2,1H3,(H,22,25)/t12-,13+,18?. The Bertz CT molecular complexity index is 795. The molecule has 0 aromatic carbocycles. The summed E-state index contributed by atoms with van der Waals surface area (Å²) in [6, 6.07) is 4.06. The van der Waals surface area contributed by atoms with Crippen molar-refractivity contribution in [1.82, 2.24) is 20.2 Å². The van der Waals surface area contributed by atoms with Gasteiger partial charge in [0.2, 0.25) is 11.8 Å². The van der Waals surface area contributed by atoms with E-state index in [1.165, 1.54) is 19.5 Å². The lowest BCUT2D eigenvalue weighted by molar-refractivity contribution is -0.132. The Morgan fingerprint density at radius 2 is 2.04 bits per heavy atom. The summed E-state index contributed by atoms with van der Waals surface area (Å²) < 4.78 is 4.97. The normalized spacial score (nSPS) is 23.9. The first-order chi connectivity index (χ1) is 13.1. The maximum absolute atomic E-state index is 12.6. The molecular formula is C19H22N4O3S. The summed E-state index contributed by atoms with van der Waals surface area (Å²) in [5.41, 5.74) is 0.284. The van der Waals surface area contributed by atoms with Gasteiger partial charge in [-0.25, -0.2) is 9.97 Å². The number of hydrogen-bond donors (Lipinski definition) is 1. The number of likely N-dealkylation sites (tertiary alicyclic amines) is 1. The number of rotatable bonds is 5. The maximum atomic E-state index is 12.6. The smallest absolute Gasteiger partial charge is 0.271 e. The highest BCUT2D eigenvalue weighted by molar-refractivity contribution is 7.10. The number of nitrogens with zero attached hydrogens (tertiary/aromatic N) is 3. The fourth-order valence-electron chi connectivity index (χ4n) is 4.10. The lowest BCUT2D eigenvalue weighted by Crippen LogP contribution is -2.54. The minimum Gasteiger partial charge on any atom is -0.480 e. The van der Waals surface area contributed by atoms with Gasteiger partial charge in [-0.05, 0) is 36.1 Å². The zero-order chi connectivity index (χ0) is 18.8. The largest absolute Gasteiger partial charge is 0.480 e. The van der Waals surface area contributed by atoms with Crippen molar-refractivity contribution in [1.29, 1.82) is 0 Å².